The maximum Gasteiger partial charge on any atom is 0.134 e. The number of fused-ring (bicyclic) bond motifs is 1. The minimum Gasteiger partial charge on any atom is -0.459 e. The number of nitrogens with one attached hydrogen (secondary N) is 1. The molecule has 0 radical (unpaired) electrons. The summed E-state index contributed by atoms with van der Waals surface area (Å²) in [5.74, 6) is 0.880. The fraction of sp³-hybridized carbons (Fsp3) is 0.429. The first-order chi connectivity index (χ1) is 8.74. The van der Waals surface area contributed by atoms with E-state index in [4.69, 9.17) is 20.8 Å². The highest BCUT2D eigenvalue weighted by molar-refractivity contribution is 6.31. The van der Waals surface area contributed by atoms with Crippen molar-refractivity contribution in [1.82, 2.24) is 5.32 Å². The number of rotatable bonds is 6. The minimum absolute atomic E-state index is 0.0720. The summed E-state index contributed by atoms with van der Waals surface area (Å²) < 4.78 is 11.4. The summed E-state index contributed by atoms with van der Waals surface area (Å²) in [6.07, 6.45) is 1.02. The number of halogens is 1. The van der Waals surface area contributed by atoms with Gasteiger partial charge in [0, 0.05) is 17.0 Å². The maximum absolute atomic E-state index is 5.96. The molecule has 2 aromatic rings. The molecular formula is C14H18ClNO2. The first-order valence-corrected chi connectivity index (χ1v) is 6.56. The van der Waals surface area contributed by atoms with Gasteiger partial charge in [0.2, 0.25) is 0 Å². The van der Waals surface area contributed by atoms with E-state index in [2.05, 4.69) is 12.2 Å². The van der Waals surface area contributed by atoms with Crippen LogP contribution in [0.5, 0.6) is 0 Å². The van der Waals surface area contributed by atoms with Gasteiger partial charge in [-0.3, -0.25) is 0 Å². The molecule has 1 unspecified atom stereocenters. The zero-order chi connectivity index (χ0) is 13.0. The summed E-state index contributed by atoms with van der Waals surface area (Å²) in [4.78, 5) is 0. The summed E-state index contributed by atoms with van der Waals surface area (Å²) in [5, 5.41) is 4.94. The Morgan fingerprint density at radius 1 is 1.39 bits per heavy atom. The topological polar surface area (TPSA) is 34.4 Å². The summed E-state index contributed by atoms with van der Waals surface area (Å²) in [7, 11) is 1.90. The highest BCUT2D eigenvalue weighted by atomic mass is 35.5. The van der Waals surface area contributed by atoms with Gasteiger partial charge < -0.3 is 14.5 Å². The molecule has 0 spiro atoms. The van der Waals surface area contributed by atoms with Crippen molar-refractivity contribution in [2.45, 2.75) is 19.4 Å². The number of benzene rings is 1. The van der Waals surface area contributed by atoms with Crippen LogP contribution in [0.15, 0.2) is 28.7 Å². The lowest BCUT2D eigenvalue weighted by Gasteiger charge is -2.13. The minimum atomic E-state index is 0.0720. The van der Waals surface area contributed by atoms with Crippen LogP contribution in [0.4, 0.5) is 0 Å². The molecule has 2 rings (SSSR count). The van der Waals surface area contributed by atoms with Gasteiger partial charge in [-0.1, -0.05) is 18.5 Å². The van der Waals surface area contributed by atoms with Crippen LogP contribution in [0.2, 0.25) is 5.02 Å². The van der Waals surface area contributed by atoms with E-state index in [1.807, 2.05) is 31.3 Å². The average Bonchev–Trinajstić information content (AvgIpc) is 2.77. The average molecular weight is 268 g/mol. The summed E-state index contributed by atoms with van der Waals surface area (Å²) in [6.45, 7) is 3.47. The molecule has 0 aliphatic heterocycles. The quantitative estimate of drug-likeness (QED) is 0.809. The van der Waals surface area contributed by atoms with Crippen LogP contribution >= 0.6 is 11.6 Å². The number of ether oxygens (including phenoxy) is 1. The standard InChI is InChI=1S/C14H18ClNO2/c1-3-6-17-9-12(16-2)14-8-10-7-11(15)4-5-13(10)18-14/h4-5,7-8,12,16H,3,6,9H2,1-2H3. The Labute approximate surface area is 112 Å². The van der Waals surface area contributed by atoms with Gasteiger partial charge in [-0.25, -0.2) is 0 Å². The van der Waals surface area contributed by atoms with E-state index in [1.54, 1.807) is 0 Å². The Morgan fingerprint density at radius 3 is 2.94 bits per heavy atom. The van der Waals surface area contributed by atoms with Crippen LogP contribution in [-0.4, -0.2) is 20.3 Å². The molecule has 0 bridgehead atoms. The Balaban J connectivity index is 2.17. The molecule has 1 N–H and O–H groups in total. The number of furan rings is 1. The molecule has 0 aliphatic carbocycles. The summed E-state index contributed by atoms with van der Waals surface area (Å²) in [5.41, 5.74) is 0.852. The zero-order valence-corrected chi connectivity index (χ0v) is 11.5. The second-order valence-electron chi connectivity index (χ2n) is 4.25. The molecule has 1 aromatic heterocycles. The second-order valence-corrected chi connectivity index (χ2v) is 4.68. The first-order valence-electron chi connectivity index (χ1n) is 6.18. The van der Waals surface area contributed by atoms with Gasteiger partial charge in [-0.15, -0.1) is 0 Å². The SMILES string of the molecule is CCCOCC(NC)c1cc2cc(Cl)ccc2o1. The molecule has 0 saturated carbocycles. The highest BCUT2D eigenvalue weighted by Crippen LogP contribution is 2.26. The Kier molecular flexibility index (Phi) is 4.64. The highest BCUT2D eigenvalue weighted by Gasteiger charge is 2.14. The lowest BCUT2D eigenvalue weighted by Crippen LogP contribution is -2.21. The molecular weight excluding hydrogens is 250 g/mol. The number of hydrogen-bond donors (Lipinski definition) is 1. The molecule has 0 saturated heterocycles. The molecule has 18 heavy (non-hydrogen) atoms. The Hall–Kier alpha value is -1.03. The first kappa shape index (κ1) is 13.4. The van der Waals surface area contributed by atoms with E-state index in [0.717, 1.165) is 34.8 Å². The third-order valence-electron chi connectivity index (χ3n) is 2.82. The normalized spacial score (nSPS) is 13.1. The van der Waals surface area contributed by atoms with E-state index in [0.29, 0.717) is 6.61 Å². The van der Waals surface area contributed by atoms with Crippen molar-refractivity contribution >= 4 is 22.6 Å². The molecule has 0 fully saturated rings. The monoisotopic (exact) mass is 267 g/mol. The lowest BCUT2D eigenvalue weighted by molar-refractivity contribution is 0.108. The van der Waals surface area contributed by atoms with Gasteiger partial charge >= 0.3 is 0 Å². The maximum atomic E-state index is 5.96. The van der Waals surface area contributed by atoms with Gasteiger partial charge in [0.05, 0.1) is 12.6 Å². The molecule has 98 valence electrons. The number of likely N-dealkylation sites (N-methyl/N-ethyl adjacent to an activating group) is 1. The van der Waals surface area contributed by atoms with E-state index in [9.17, 15) is 0 Å². The molecule has 0 aliphatic rings. The molecule has 0 amide bonds. The van der Waals surface area contributed by atoms with Crippen molar-refractivity contribution in [1.29, 1.82) is 0 Å². The Bertz CT molecular complexity index is 509. The number of hydrogen-bond acceptors (Lipinski definition) is 3. The molecule has 3 nitrogen and oxygen atoms in total. The van der Waals surface area contributed by atoms with Crippen LogP contribution in [0.1, 0.15) is 25.1 Å². The van der Waals surface area contributed by atoms with Gasteiger partial charge in [0.1, 0.15) is 11.3 Å². The predicted molar refractivity (Wildman–Crippen MR) is 74.1 cm³/mol. The van der Waals surface area contributed by atoms with Crippen molar-refractivity contribution < 1.29 is 9.15 Å². The van der Waals surface area contributed by atoms with Crippen LogP contribution in [0, 0.1) is 0 Å². The fourth-order valence-electron chi connectivity index (χ4n) is 1.86. The fourth-order valence-corrected chi connectivity index (χ4v) is 2.04. The van der Waals surface area contributed by atoms with Crippen LogP contribution < -0.4 is 5.32 Å². The molecule has 1 heterocycles. The third kappa shape index (κ3) is 3.05. The van der Waals surface area contributed by atoms with E-state index in [-0.39, 0.29) is 6.04 Å². The summed E-state index contributed by atoms with van der Waals surface area (Å²) >= 11 is 5.96. The largest absolute Gasteiger partial charge is 0.459 e. The lowest BCUT2D eigenvalue weighted by atomic mass is 10.2. The smallest absolute Gasteiger partial charge is 0.134 e. The van der Waals surface area contributed by atoms with E-state index >= 15 is 0 Å². The van der Waals surface area contributed by atoms with Crippen molar-refractivity contribution in [2.24, 2.45) is 0 Å². The van der Waals surface area contributed by atoms with Crippen molar-refractivity contribution in [2.75, 3.05) is 20.3 Å². The molecule has 1 aromatic carbocycles. The van der Waals surface area contributed by atoms with Crippen LogP contribution in [-0.2, 0) is 4.74 Å². The second kappa shape index (κ2) is 6.23. The predicted octanol–water partition coefficient (Wildman–Crippen LogP) is 3.77. The summed E-state index contributed by atoms with van der Waals surface area (Å²) in [6, 6.07) is 7.71. The third-order valence-corrected chi connectivity index (χ3v) is 3.06. The van der Waals surface area contributed by atoms with Crippen molar-refractivity contribution in [3.05, 3.63) is 35.0 Å². The van der Waals surface area contributed by atoms with Crippen LogP contribution in [0.3, 0.4) is 0 Å². The van der Waals surface area contributed by atoms with E-state index in [1.165, 1.54) is 0 Å². The molecule has 4 heteroatoms. The van der Waals surface area contributed by atoms with Crippen LogP contribution in [0.25, 0.3) is 11.0 Å². The zero-order valence-electron chi connectivity index (χ0n) is 10.7. The van der Waals surface area contributed by atoms with Crippen molar-refractivity contribution in [3.8, 4) is 0 Å². The van der Waals surface area contributed by atoms with Gasteiger partial charge in [0.15, 0.2) is 0 Å². The Morgan fingerprint density at radius 2 is 2.22 bits per heavy atom. The van der Waals surface area contributed by atoms with Gasteiger partial charge in [-0.05, 0) is 37.7 Å². The van der Waals surface area contributed by atoms with Gasteiger partial charge in [-0.2, -0.15) is 0 Å². The van der Waals surface area contributed by atoms with E-state index < -0.39 is 0 Å². The van der Waals surface area contributed by atoms with Crippen molar-refractivity contribution in [3.63, 3.8) is 0 Å². The molecule has 1 atom stereocenters. The van der Waals surface area contributed by atoms with Gasteiger partial charge in [0.25, 0.3) is 0 Å².